The second-order valence-corrected chi connectivity index (χ2v) is 7.96. The van der Waals surface area contributed by atoms with Gasteiger partial charge in [-0.05, 0) is 26.0 Å². The molecule has 0 bridgehead atoms. The average molecular weight is 412 g/mol. The van der Waals surface area contributed by atoms with Gasteiger partial charge in [0.2, 0.25) is 0 Å². The Morgan fingerprint density at radius 3 is 2.64 bits per heavy atom. The molecule has 11 heteroatoms. The van der Waals surface area contributed by atoms with Crippen LogP contribution < -0.4 is 15.8 Å². The molecular weight excluding hydrogens is 391 g/mol. The molecule has 3 N–H and O–H groups in total. The molecule has 1 aromatic carbocycles. The Hall–Kier alpha value is -2.23. The lowest BCUT2D eigenvalue weighted by Gasteiger charge is -2.18. The van der Waals surface area contributed by atoms with Gasteiger partial charge in [0.25, 0.3) is 5.56 Å². The maximum Gasteiger partial charge on any atom is 0.527 e. The molecule has 1 aromatic heterocycles. The maximum atomic E-state index is 12.1. The molecule has 0 aliphatic carbocycles. The predicted molar refractivity (Wildman–Crippen MR) is 98.2 cm³/mol. The molecule has 4 atom stereocenters. The Bertz CT molecular complexity index is 999. The summed E-state index contributed by atoms with van der Waals surface area (Å²) in [4.78, 5) is 35.4. The molecule has 0 spiro atoms. The fraction of sp³-hybridized carbons (Fsp3) is 0.412. The molecule has 10 nitrogen and oxygen atoms in total. The topological polar surface area (TPSA) is 140 Å². The van der Waals surface area contributed by atoms with Crippen molar-refractivity contribution in [3.63, 3.8) is 0 Å². The van der Waals surface area contributed by atoms with Crippen LogP contribution in [0.1, 0.15) is 23.8 Å². The van der Waals surface area contributed by atoms with Gasteiger partial charge in [-0.2, -0.15) is 0 Å². The Labute approximate surface area is 159 Å². The number of aliphatic hydroxyl groups excluding tert-OH is 1. The van der Waals surface area contributed by atoms with Crippen LogP contribution in [0.25, 0.3) is 0 Å². The summed E-state index contributed by atoms with van der Waals surface area (Å²) in [6.45, 7) is 2.98. The highest BCUT2D eigenvalue weighted by molar-refractivity contribution is 7.47. The van der Waals surface area contributed by atoms with Crippen molar-refractivity contribution in [1.82, 2.24) is 9.55 Å². The van der Waals surface area contributed by atoms with Crippen molar-refractivity contribution in [2.24, 2.45) is 0 Å². The summed E-state index contributed by atoms with van der Waals surface area (Å²) >= 11 is 0. The summed E-state index contributed by atoms with van der Waals surface area (Å²) in [6.07, 6.45) is -1.45. The highest BCUT2D eigenvalue weighted by Gasteiger charge is 2.38. The van der Waals surface area contributed by atoms with Crippen LogP contribution in [0.5, 0.6) is 5.75 Å². The third kappa shape index (κ3) is 4.78. The predicted octanol–water partition coefficient (Wildman–Crippen LogP) is 0.998. The lowest BCUT2D eigenvalue weighted by molar-refractivity contribution is -0.0447. The number of aryl methyl sites for hydroxylation is 2. The van der Waals surface area contributed by atoms with Crippen LogP contribution in [0.3, 0.4) is 0 Å². The largest absolute Gasteiger partial charge is 0.527 e. The van der Waals surface area contributed by atoms with E-state index in [0.717, 1.165) is 10.1 Å². The van der Waals surface area contributed by atoms with Gasteiger partial charge < -0.3 is 14.4 Å². The standard InChI is InChI=1S/C17H21N2O8P/c1-10-3-5-12(6-4-10)27-28(23,24)25-9-14-13(20)7-15(26-14)19-8-11(2)16(21)18-17(19)22/h3-6,8,13-15,20H,7,9H2,1-2H3,(H,23,24)(H,18,21,22). The number of nitrogens with one attached hydrogen (secondary N) is 1. The van der Waals surface area contributed by atoms with Crippen molar-refractivity contribution in [1.29, 1.82) is 0 Å². The number of nitrogens with zero attached hydrogens (tertiary/aromatic N) is 1. The molecule has 1 saturated heterocycles. The summed E-state index contributed by atoms with van der Waals surface area (Å²) in [5, 5.41) is 10.1. The average Bonchev–Trinajstić information content (AvgIpc) is 2.99. The number of phosphoric acid groups is 1. The lowest BCUT2D eigenvalue weighted by Crippen LogP contribution is -2.33. The van der Waals surface area contributed by atoms with Gasteiger partial charge in [-0.3, -0.25) is 23.8 Å². The van der Waals surface area contributed by atoms with Crippen LogP contribution in [0, 0.1) is 13.8 Å². The Balaban J connectivity index is 1.63. The number of aromatic nitrogens is 2. The zero-order valence-electron chi connectivity index (χ0n) is 15.3. The number of aliphatic hydroxyl groups is 1. The third-order valence-electron chi connectivity index (χ3n) is 4.30. The van der Waals surface area contributed by atoms with Crippen LogP contribution >= 0.6 is 7.82 Å². The lowest BCUT2D eigenvalue weighted by atomic mass is 10.2. The Morgan fingerprint density at radius 1 is 1.29 bits per heavy atom. The number of H-pyrrole nitrogens is 1. The highest BCUT2D eigenvalue weighted by atomic mass is 31.2. The van der Waals surface area contributed by atoms with E-state index in [1.165, 1.54) is 25.3 Å². The van der Waals surface area contributed by atoms with Crippen LogP contribution in [0.15, 0.2) is 40.1 Å². The van der Waals surface area contributed by atoms with Gasteiger partial charge in [-0.25, -0.2) is 9.36 Å². The highest BCUT2D eigenvalue weighted by Crippen LogP contribution is 2.44. The fourth-order valence-corrected chi connectivity index (χ4v) is 3.54. The fourth-order valence-electron chi connectivity index (χ4n) is 2.76. The number of hydrogen-bond donors (Lipinski definition) is 3. The summed E-state index contributed by atoms with van der Waals surface area (Å²) < 4.78 is 28.7. The monoisotopic (exact) mass is 412 g/mol. The molecule has 2 heterocycles. The van der Waals surface area contributed by atoms with Gasteiger partial charge >= 0.3 is 13.5 Å². The van der Waals surface area contributed by atoms with Gasteiger partial charge in [0.1, 0.15) is 18.1 Å². The first-order valence-corrected chi connectivity index (χ1v) is 10.0. The maximum absolute atomic E-state index is 12.1. The van der Waals surface area contributed by atoms with E-state index in [1.54, 1.807) is 12.1 Å². The summed E-state index contributed by atoms with van der Waals surface area (Å²) in [5.74, 6) is 0.164. The number of rotatable bonds is 6. The van der Waals surface area contributed by atoms with Gasteiger partial charge in [0, 0.05) is 18.2 Å². The molecule has 0 saturated carbocycles. The number of benzene rings is 1. The second kappa shape index (κ2) is 8.02. The molecule has 0 amide bonds. The van der Waals surface area contributed by atoms with Crippen LogP contribution in [0.2, 0.25) is 0 Å². The summed E-state index contributed by atoms with van der Waals surface area (Å²) in [6, 6.07) is 6.49. The number of ether oxygens (including phenoxy) is 1. The first-order valence-electron chi connectivity index (χ1n) is 8.54. The van der Waals surface area contributed by atoms with Gasteiger partial charge in [0.05, 0.1) is 12.7 Å². The minimum atomic E-state index is -4.43. The van der Waals surface area contributed by atoms with E-state index in [2.05, 4.69) is 4.98 Å². The zero-order chi connectivity index (χ0) is 20.5. The van der Waals surface area contributed by atoms with E-state index in [9.17, 15) is 24.2 Å². The summed E-state index contributed by atoms with van der Waals surface area (Å²) in [5.41, 5.74) is 0.0881. The minimum Gasteiger partial charge on any atom is -0.404 e. The number of aromatic amines is 1. The van der Waals surface area contributed by atoms with E-state index in [1.807, 2.05) is 6.92 Å². The molecule has 1 aliphatic rings. The van der Waals surface area contributed by atoms with Crippen LogP contribution in [0.4, 0.5) is 0 Å². The SMILES string of the molecule is Cc1ccc(OP(=O)(O)OCC2OC(n3cc(C)c(=O)[nH]c3=O)CC2O)cc1. The first-order chi connectivity index (χ1) is 13.1. The first kappa shape index (κ1) is 20.5. The van der Waals surface area contributed by atoms with Gasteiger partial charge in [0.15, 0.2) is 0 Å². The van der Waals surface area contributed by atoms with Crippen molar-refractivity contribution >= 4 is 7.82 Å². The smallest absolute Gasteiger partial charge is 0.404 e. The third-order valence-corrected chi connectivity index (χ3v) is 5.22. The molecule has 152 valence electrons. The minimum absolute atomic E-state index is 0.0496. The van der Waals surface area contributed by atoms with Crippen molar-refractivity contribution in [2.75, 3.05) is 6.61 Å². The van der Waals surface area contributed by atoms with Crippen molar-refractivity contribution in [3.8, 4) is 5.75 Å². The van der Waals surface area contributed by atoms with Gasteiger partial charge in [-0.1, -0.05) is 17.7 Å². The van der Waals surface area contributed by atoms with Crippen molar-refractivity contribution < 1.29 is 28.3 Å². The molecule has 28 heavy (non-hydrogen) atoms. The summed E-state index contributed by atoms with van der Waals surface area (Å²) in [7, 11) is -4.43. The van der Waals surface area contributed by atoms with E-state index < -0.39 is 44.1 Å². The Kier molecular flexibility index (Phi) is 5.87. The normalized spacial score (nSPS) is 24.1. The number of hydrogen-bond acceptors (Lipinski definition) is 7. The van der Waals surface area contributed by atoms with Crippen LogP contribution in [-0.2, 0) is 13.8 Å². The second-order valence-electron chi connectivity index (χ2n) is 6.58. The van der Waals surface area contributed by atoms with E-state index in [4.69, 9.17) is 13.8 Å². The molecule has 1 fully saturated rings. The quantitative estimate of drug-likeness (QED) is 0.597. The van der Waals surface area contributed by atoms with Gasteiger partial charge in [-0.15, -0.1) is 0 Å². The molecule has 2 aromatic rings. The Morgan fingerprint density at radius 2 is 1.96 bits per heavy atom. The van der Waals surface area contributed by atoms with Crippen molar-refractivity contribution in [2.45, 2.75) is 38.7 Å². The van der Waals surface area contributed by atoms with Crippen LogP contribution in [-0.4, -0.2) is 38.4 Å². The van der Waals surface area contributed by atoms with E-state index in [-0.39, 0.29) is 12.2 Å². The molecule has 1 aliphatic heterocycles. The molecular formula is C17H21N2O8P. The number of phosphoric ester groups is 1. The van der Waals surface area contributed by atoms with Crippen molar-refractivity contribution in [3.05, 3.63) is 62.4 Å². The van der Waals surface area contributed by atoms with E-state index in [0.29, 0.717) is 5.56 Å². The molecule has 0 radical (unpaired) electrons. The molecule has 4 unspecified atom stereocenters. The zero-order valence-corrected chi connectivity index (χ0v) is 16.2. The van der Waals surface area contributed by atoms with E-state index >= 15 is 0 Å². The molecule has 3 rings (SSSR count).